The number of benzene rings is 3. The molecule has 1 aliphatic carbocycles. The van der Waals surface area contributed by atoms with E-state index in [4.69, 9.17) is 0 Å². The van der Waals surface area contributed by atoms with Crippen LogP contribution >= 0.6 is 0 Å². The topological polar surface area (TPSA) is 3.24 Å². The first kappa shape index (κ1) is 19.9. The SMILES string of the molecule is CN(C)CC[C@@H]1CCc2cc(CCc3ccc(-c4ccccc4)cc3)ccc2C1. The fourth-order valence-corrected chi connectivity index (χ4v) is 4.51. The molecule has 0 saturated carbocycles. The van der Waals surface area contributed by atoms with Crippen LogP contribution in [0.4, 0.5) is 0 Å². The Morgan fingerprint density at radius 2 is 1.45 bits per heavy atom. The van der Waals surface area contributed by atoms with Gasteiger partial charge in [-0.2, -0.15) is 0 Å². The van der Waals surface area contributed by atoms with E-state index >= 15 is 0 Å². The molecule has 0 fully saturated rings. The molecule has 0 bridgehead atoms. The number of nitrogens with zero attached hydrogens (tertiary/aromatic N) is 1. The van der Waals surface area contributed by atoms with Gasteiger partial charge in [-0.05, 0) is 98.5 Å². The molecule has 1 atom stereocenters. The van der Waals surface area contributed by atoms with Gasteiger partial charge in [0, 0.05) is 0 Å². The first-order chi connectivity index (χ1) is 14.2. The number of hydrogen-bond donors (Lipinski definition) is 0. The number of aryl methyl sites for hydroxylation is 3. The van der Waals surface area contributed by atoms with Crippen LogP contribution in [0, 0.1) is 5.92 Å². The van der Waals surface area contributed by atoms with E-state index in [0.29, 0.717) is 0 Å². The maximum Gasteiger partial charge on any atom is -0.00221 e. The van der Waals surface area contributed by atoms with Crippen LogP contribution in [0.3, 0.4) is 0 Å². The molecular formula is C28H33N. The molecule has 150 valence electrons. The molecular weight excluding hydrogens is 350 g/mol. The zero-order chi connectivity index (χ0) is 20.1. The van der Waals surface area contributed by atoms with Crippen molar-refractivity contribution in [1.82, 2.24) is 4.90 Å². The Balaban J connectivity index is 1.34. The van der Waals surface area contributed by atoms with Gasteiger partial charge in [0.15, 0.2) is 0 Å². The molecule has 4 rings (SSSR count). The van der Waals surface area contributed by atoms with Crippen LogP contribution in [0.1, 0.15) is 35.1 Å². The normalized spacial score (nSPS) is 16.0. The second-order valence-electron chi connectivity index (χ2n) is 8.87. The Morgan fingerprint density at radius 3 is 2.21 bits per heavy atom. The van der Waals surface area contributed by atoms with Crippen molar-refractivity contribution in [2.24, 2.45) is 5.92 Å². The molecule has 1 nitrogen and oxygen atoms in total. The molecule has 0 aliphatic heterocycles. The Bertz CT molecular complexity index is 909. The molecule has 0 radical (unpaired) electrons. The predicted octanol–water partition coefficient (Wildman–Crippen LogP) is 6.20. The smallest absolute Gasteiger partial charge is 0.00221 e. The quantitative estimate of drug-likeness (QED) is 0.470. The molecule has 0 N–H and O–H groups in total. The summed E-state index contributed by atoms with van der Waals surface area (Å²) >= 11 is 0. The number of hydrogen-bond acceptors (Lipinski definition) is 1. The third kappa shape index (κ3) is 5.36. The van der Waals surface area contributed by atoms with Gasteiger partial charge in [-0.25, -0.2) is 0 Å². The summed E-state index contributed by atoms with van der Waals surface area (Å²) in [7, 11) is 4.36. The average molecular weight is 384 g/mol. The second kappa shape index (κ2) is 9.41. The molecule has 3 aromatic rings. The summed E-state index contributed by atoms with van der Waals surface area (Å²) in [5, 5.41) is 0. The molecule has 1 heteroatoms. The predicted molar refractivity (Wildman–Crippen MR) is 124 cm³/mol. The minimum atomic E-state index is 0.860. The monoisotopic (exact) mass is 383 g/mol. The molecule has 1 aliphatic rings. The van der Waals surface area contributed by atoms with E-state index in [9.17, 15) is 0 Å². The fourth-order valence-electron chi connectivity index (χ4n) is 4.51. The number of rotatable bonds is 7. The van der Waals surface area contributed by atoms with Gasteiger partial charge in [0.25, 0.3) is 0 Å². The second-order valence-corrected chi connectivity index (χ2v) is 8.87. The molecule has 0 saturated heterocycles. The molecule has 0 aromatic heterocycles. The lowest BCUT2D eigenvalue weighted by Crippen LogP contribution is -2.21. The molecule has 3 aromatic carbocycles. The van der Waals surface area contributed by atoms with Crippen molar-refractivity contribution in [2.75, 3.05) is 20.6 Å². The van der Waals surface area contributed by atoms with E-state index in [1.807, 2.05) is 0 Å². The lowest BCUT2D eigenvalue weighted by atomic mass is 9.81. The van der Waals surface area contributed by atoms with Gasteiger partial charge >= 0.3 is 0 Å². The van der Waals surface area contributed by atoms with E-state index in [1.165, 1.54) is 54.5 Å². The van der Waals surface area contributed by atoms with Crippen LogP contribution in [0.15, 0.2) is 72.8 Å². The Hall–Kier alpha value is -2.38. The minimum absolute atomic E-state index is 0.860. The largest absolute Gasteiger partial charge is 0.309 e. The summed E-state index contributed by atoms with van der Waals surface area (Å²) in [6.07, 6.45) is 7.44. The minimum Gasteiger partial charge on any atom is -0.309 e. The average Bonchev–Trinajstić information content (AvgIpc) is 2.77. The van der Waals surface area contributed by atoms with Crippen molar-refractivity contribution in [3.8, 4) is 11.1 Å². The van der Waals surface area contributed by atoms with Crippen molar-refractivity contribution in [1.29, 1.82) is 0 Å². The maximum absolute atomic E-state index is 2.48. The first-order valence-electron chi connectivity index (χ1n) is 11.1. The molecule has 29 heavy (non-hydrogen) atoms. The summed E-state index contributed by atoms with van der Waals surface area (Å²) in [6.45, 7) is 1.21. The van der Waals surface area contributed by atoms with Crippen LogP contribution < -0.4 is 0 Å². The van der Waals surface area contributed by atoms with Gasteiger partial charge in [0.2, 0.25) is 0 Å². The third-order valence-electron chi connectivity index (χ3n) is 6.35. The highest BCUT2D eigenvalue weighted by molar-refractivity contribution is 5.63. The Morgan fingerprint density at radius 1 is 0.759 bits per heavy atom. The van der Waals surface area contributed by atoms with Crippen LogP contribution in [0.5, 0.6) is 0 Å². The van der Waals surface area contributed by atoms with Crippen molar-refractivity contribution < 1.29 is 0 Å². The highest BCUT2D eigenvalue weighted by Gasteiger charge is 2.18. The van der Waals surface area contributed by atoms with Crippen LogP contribution in [-0.4, -0.2) is 25.5 Å². The van der Waals surface area contributed by atoms with Gasteiger partial charge in [0.1, 0.15) is 0 Å². The maximum atomic E-state index is 2.48. The van der Waals surface area contributed by atoms with Crippen molar-refractivity contribution in [2.45, 2.75) is 38.5 Å². The van der Waals surface area contributed by atoms with Crippen molar-refractivity contribution >= 4 is 0 Å². The van der Waals surface area contributed by atoms with E-state index in [0.717, 1.165) is 18.8 Å². The number of fused-ring (bicyclic) bond motifs is 1. The summed E-state index contributed by atoms with van der Waals surface area (Å²) in [5.41, 5.74) is 8.69. The highest BCUT2D eigenvalue weighted by Crippen LogP contribution is 2.29. The van der Waals surface area contributed by atoms with E-state index in [2.05, 4.69) is 91.8 Å². The van der Waals surface area contributed by atoms with Crippen molar-refractivity contribution in [3.63, 3.8) is 0 Å². The summed E-state index contributed by atoms with van der Waals surface area (Å²) in [6, 6.07) is 27.0. The van der Waals surface area contributed by atoms with Crippen LogP contribution in [0.25, 0.3) is 11.1 Å². The standard InChI is InChI=1S/C28H33N/c1-29(2)19-18-24-13-17-27-20-23(12-16-28(27)21-24)9-8-22-10-14-26(15-11-22)25-6-4-3-5-7-25/h3-7,10-12,14-16,20,24H,8-9,13,17-19,21H2,1-2H3/t24-/m0/s1. The van der Waals surface area contributed by atoms with E-state index < -0.39 is 0 Å². The van der Waals surface area contributed by atoms with Crippen LogP contribution in [0.2, 0.25) is 0 Å². The molecule has 0 spiro atoms. The zero-order valence-electron chi connectivity index (χ0n) is 17.9. The lowest BCUT2D eigenvalue weighted by Gasteiger charge is -2.26. The molecule has 0 unspecified atom stereocenters. The van der Waals surface area contributed by atoms with Gasteiger partial charge in [-0.3, -0.25) is 0 Å². The summed E-state index contributed by atoms with van der Waals surface area (Å²) < 4.78 is 0. The molecule has 0 heterocycles. The fraction of sp³-hybridized carbons (Fsp3) is 0.357. The van der Waals surface area contributed by atoms with E-state index in [1.54, 1.807) is 11.1 Å². The van der Waals surface area contributed by atoms with Crippen LogP contribution in [-0.2, 0) is 25.7 Å². The van der Waals surface area contributed by atoms with Gasteiger partial charge in [-0.1, -0.05) is 72.8 Å². The van der Waals surface area contributed by atoms with Gasteiger partial charge in [0.05, 0.1) is 0 Å². The summed E-state index contributed by atoms with van der Waals surface area (Å²) in [5.74, 6) is 0.860. The highest BCUT2D eigenvalue weighted by atomic mass is 15.0. The van der Waals surface area contributed by atoms with Gasteiger partial charge < -0.3 is 4.90 Å². The Labute approximate surface area is 176 Å². The van der Waals surface area contributed by atoms with Gasteiger partial charge in [-0.15, -0.1) is 0 Å². The Kier molecular flexibility index (Phi) is 6.46. The van der Waals surface area contributed by atoms with E-state index in [-0.39, 0.29) is 0 Å². The van der Waals surface area contributed by atoms with Crippen molar-refractivity contribution in [3.05, 3.63) is 95.1 Å². The first-order valence-corrected chi connectivity index (χ1v) is 11.1. The zero-order valence-corrected chi connectivity index (χ0v) is 17.9. The third-order valence-corrected chi connectivity index (χ3v) is 6.35. The summed E-state index contributed by atoms with van der Waals surface area (Å²) in [4.78, 5) is 2.31. The lowest BCUT2D eigenvalue weighted by molar-refractivity contribution is 0.331. The molecule has 0 amide bonds.